The second-order valence-corrected chi connectivity index (χ2v) is 6.77. The average Bonchev–Trinajstić information content (AvgIpc) is 3.22. The van der Waals surface area contributed by atoms with Crippen LogP contribution in [0.1, 0.15) is 31.7 Å². The monoisotopic (exact) mass is 356 g/mol. The first-order chi connectivity index (χ1) is 12.2. The number of carbonyl (C=O) groups excluding carboxylic acids is 1. The first-order valence-corrected chi connectivity index (χ1v) is 8.86. The van der Waals surface area contributed by atoms with Crippen molar-refractivity contribution in [2.24, 2.45) is 10.1 Å². The minimum Gasteiger partial charge on any atom is -0.454 e. The molecule has 8 heteroatoms. The minimum atomic E-state index is -0.423. The second kappa shape index (κ2) is 6.36. The summed E-state index contributed by atoms with van der Waals surface area (Å²) in [6.45, 7) is 2.31. The van der Waals surface area contributed by atoms with Crippen LogP contribution in [0.25, 0.3) is 6.08 Å². The number of hydrazone groups is 1. The van der Waals surface area contributed by atoms with Crippen LogP contribution in [-0.2, 0) is 4.79 Å². The van der Waals surface area contributed by atoms with Crippen molar-refractivity contribution in [2.75, 3.05) is 6.79 Å². The van der Waals surface area contributed by atoms with E-state index >= 15 is 0 Å². The van der Waals surface area contributed by atoms with Gasteiger partial charge in [-0.3, -0.25) is 10.2 Å². The predicted octanol–water partition coefficient (Wildman–Crippen LogP) is 3.22. The number of amidine groups is 2. The van der Waals surface area contributed by atoms with Crippen molar-refractivity contribution in [3.05, 3.63) is 29.3 Å². The summed E-state index contributed by atoms with van der Waals surface area (Å²) < 4.78 is 10.6. The van der Waals surface area contributed by atoms with Gasteiger partial charge in [-0.25, -0.2) is 0 Å². The number of aliphatic imine (C=N–C) groups is 1. The molecule has 1 aromatic carbocycles. The Morgan fingerprint density at radius 3 is 3.04 bits per heavy atom. The van der Waals surface area contributed by atoms with Crippen molar-refractivity contribution in [1.29, 1.82) is 5.41 Å². The number of rotatable bonds is 4. The van der Waals surface area contributed by atoms with E-state index in [-0.39, 0.29) is 18.2 Å². The molecular formula is C17H16N4O3S. The molecule has 25 heavy (non-hydrogen) atoms. The molecule has 0 spiro atoms. The summed E-state index contributed by atoms with van der Waals surface area (Å²) in [7, 11) is 0. The largest absolute Gasteiger partial charge is 0.454 e. The lowest BCUT2D eigenvalue weighted by Crippen LogP contribution is -2.35. The Bertz CT molecular complexity index is 859. The predicted molar refractivity (Wildman–Crippen MR) is 97.1 cm³/mol. The molecule has 0 aromatic heterocycles. The van der Waals surface area contributed by atoms with Gasteiger partial charge in [0.05, 0.1) is 5.57 Å². The highest BCUT2D eigenvalue weighted by atomic mass is 32.2. The summed E-state index contributed by atoms with van der Waals surface area (Å²) in [5.74, 6) is 0.929. The number of ether oxygens (including phenoxy) is 2. The molecule has 128 valence electrons. The van der Waals surface area contributed by atoms with E-state index in [0.29, 0.717) is 16.7 Å². The molecule has 0 fully saturated rings. The van der Waals surface area contributed by atoms with Crippen LogP contribution in [0.4, 0.5) is 0 Å². The van der Waals surface area contributed by atoms with E-state index in [1.807, 2.05) is 6.07 Å². The molecule has 1 aromatic rings. The lowest BCUT2D eigenvalue weighted by Gasteiger charge is -2.20. The maximum atomic E-state index is 12.4. The molecule has 0 saturated carbocycles. The van der Waals surface area contributed by atoms with Gasteiger partial charge in [-0.15, -0.1) is 0 Å². The summed E-state index contributed by atoms with van der Waals surface area (Å²) in [6, 6.07) is 5.38. The molecule has 3 aliphatic heterocycles. The number of unbranched alkanes of at least 4 members (excludes halogenated alkanes) is 1. The zero-order chi connectivity index (χ0) is 17.4. The van der Waals surface area contributed by atoms with E-state index in [1.54, 1.807) is 18.2 Å². The maximum Gasteiger partial charge on any atom is 0.283 e. The molecule has 4 rings (SSSR count). The minimum absolute atomic E-state index is 0.0478. The average molecular weight is 356 g/mol. The van der Waals surface area contributed by atoms with Crippen LogP contribution in [0.15, 0.2) is 33.9 Å². The third-order valence-electron chi connectivity index (χ3n) is 3.95. The van der Waals surface area contributed by atoms with Crippen LogP contribution in [0.5, 0.6) is 11.5 Å². The molecule has 3 heterocycles. The highest BCUT2D eigenvalue weighted by Gasteiger charge is 2.35. The molecule has 1 N–H and O–H groups in total. The molecule has 1 amide bonds. The van der Waals surface area contributed by atoms with E-state index in [1.165, 1.54) is 16.8 Å². The number of benzene rings is 1. The van der Waals surface area contributed by atoms with E-state index in [4.69, 9.17) is 14.9 Å². The lowest BCUT2D eigenvalue weighted by molar-refractivity contribution is -0.114. The highest BCUT2D eigenvalue weighted by molar-refractivity contribution is 8.26. The molecule has 7 nitrogen and oxygen atoms in total. The number of hydrogen-bond acceptors (Lipinski definition) is 6. The van der Waals surface area contributed by atoms with Gasteiger partial charge >= 0.3 is 0 Å². The molecule has 0 radical (unpaired) electrons. The molecule has 0 atom stereocenters. The summed E-state index contributed by atoms with van der Waals surface area (Å²) in [4.78, 5) is 16.5. The molecule has 0 unspecified atom stereocenters. The van der Waals surface area contributed by atoms with E-state index < -0.39 is 5.91 Å². The number of thioether (sulfide) groups is 1. The summed E-state index contributed by atoms with van der Waals surface area (Å²) in [5.41, 5.74) is 0.960. The zero-order valence-corrected chi connectivity index (χ0v) is 14.4. The quantitative estimate of drug-likeness (QED) is 0.837. The van der Waals surface area contributed by atoms with Crippen molar-refractivity contribution in [3.63, 3.8) is 0 Å². The second-order valence-electron chi connectivity index (χ2n) is 5.73. The summed E-state index contributed by atoms with van der Waals surface area (Å²) >= 11 is 1.37. The maximum absolute atomic E-state index is 12.4. The molecule has 0 saturated heterocycles. The molecule has 0 aliphatic carbocycles. The van der Waals surface area contributed by atoms with E-state index in [9.17, 15) is 4.79 Å². The number of amides is 1. The Balaban J connectivity index is 1.62. The van der Waals surface area contributed by atoms with Crippen LogP contribution in [0.3, 0.4) is 0 Å². The molecular weight excluding hydrogens is 340 g/mol. The fourth-order valence-electron chi connectivity index (χ4n) is 2.63. The summed E-state index contributed by atoms with van der Waals surface area (Å²) in [5, 5.41) is 15.6. The van der Waals surface area contributed by atoms with Gasteiger partial charge in [-0.1, -0.05) is 19.4 Å². The van der Waals surface area contributed by atoms with Crippen molar-refractivity contribution in [3.8, 4) is 11.5 Å². The highest BCUT2D eigenvalue weighted by Crippen LogP contribution is 2.34. The van der Waals surface area contributed by atoms with Crippen LogP contribution in [-0.4, -0.2) is 33.8 Å². The topological polar surface area (TPSA) is 87.3 Å². The SMILES string of the molecule is CCCCC1=NN2C(=N)C(=Cc3ccc4c(c3)OCO4)C(=O)N=C2S1. The van der Waals surface area contributed by atoms with Crippen molar-refractivity contribution < 1.29 is 14.3 Å². The summed E-state index contributed by atoms with van der Waals surface area (Å²) in [6.07, 6.45) is 4.56. The third-order valence-corrected chi connectivity index (χ3v) is 4.92. The molecule has 3 aliphatic rings. The van der Waals surface area contributed by atoms with E-state index in [2.05, 4.69) is 17.0 Å². The Kier molecular flexibility index (Phi) is 4.04. The van der Waals surface area contributed by atoms with Crippen LogP contribution in [0.2, 0.25) is 0 Å². The number of nitrogens with zero attached hydrogens (tertiary/aromatic N) is 3. The fourth-order valence-corrected chi connectivity index (χ4v) is 3.56. The van der Waals surface area contributed by atoms with Crippen LogP contribution in [0, 0.1) is 5.41 Å². The smallest absolute Gasteiger partial charge is 0.283 e. The Morgan fingerprint density at radius 2 is 2.20 bits per heavy atom. The van der Waals surface area contributed by atoms with Crippen LogP contribution < -0.4 is 9.47 Å². The number of nitrogens with one attached hydrogen (secondary N) is 1. The van der Waals surface area contributed by atoms with Gasteiger partial charge in [0.25, 0.3) is 5.91 Å². The van der Waals surface area contributed by atoms with Crippen LogP contribution >= 0.6 is 11.8 Å². The van der Waals surface area contributed by atoms with Crippen molar-refractivity contribution in [2.45, 2.75) is 26.2 Å². The van der Waals surface area contributed by atoms with Gasteiger partial charge in [-0.2, -0.15) is 15.1 Å². The van der Waals surface area contributed by atoms with Gasteiger partial charge in [0.15, 0.2) is 17.3 Å². The van der Waals surface area contributed by atoms with Gasteiger partial charge in [0.2, 0.25) is 12.0 Å². The van der Waals surface area contributed by atoms with Crippen molar-refractivity contribution >= 4 is 39.8 Å². The van der Waals surface area contributed by atoms with Gasteiger partial charge < -0.3 is 9.47 Å². The van der Waals surface area contributed by atoms with Gasteiger partial charge in [-0.05, 0) is 48.4 Å². The lowest BCUT2D eigenvalue weighted by atomic mass is 10.1. The number of fused-ring (bicyclic) bond motifs is 2. The number of carbonyl (C=O) groups is 1. The number of hydrogen-bond donors (Lipinski definition) is 1. The Hall–Kier alpha value is -2.61. The zero-order valence-electron chi connectivity index (χ0n) is 13.6. The standard InChI is InChI=1S/C17H16N4O3S/c1-2-3-4-14-20-21-15(18)11(16(22)19-17(21)25-14)7-10-5-6-12-13(8-10)24-9-23-12/h5-8,18H,2-4,9H2,1H3. The molecule has 0 bridgehead atoms. The Morgan fingerprint density at radius 1 is 1.36 bits per heavy atom. The third kappa shape index (κ3) is 2.93. The van der Waals surface area contributed by atoms with Crippen molar-refractivity contribution in [1.82, 2.24) is 5.01 Å². The fraction of sp³-hybridized carbons (Fsp3) is 0.294. The first kappa shape index (κ1) is 15.9. The van der Waals surface area contributed by atoms with E-state index in [0.717, 1.165) is 29.9 Å². The Labute approximate surface area is 148 Å². The normalized spacial score (nSPS) is 20.0. The van der Waals surface area contributed by atoms with Gasteiger partial charge in [0.1, 0.15) is 5.04 Å². The van der Waals surface area contributed by atoms with Gasteiger partial charge in [0, 0.05) is 0 Å². The first-order valence-electron chi connectivity index (χ1n) is 8.04.